The molecule has 1 amide bonds. The number of carbonyl (C=O) groups is 1. The Kier molecular flexibility index (Phi) is 6.39. The molecule has 10 heteroatoms. The molecule has 0 spiro atoms. The van der Waals surface area contributed by atoms with E-state index in [0.29, 0.717) is 24.2 Å². The standard InChI is InChI=1S/C21H28ClN5O3S/c1-31(29,30)26-12-7-19-17(14-26)20(15-5-6-18(22)16(13-15)21(23)28)24-27(19)11-4-10-25-8-2-3-9-25/h5-6,13H,2-4,7-12,14H2,1H3,(H2,23,28). The van der Waals surface area contributed by atoms with Gasteiger partial charge in [0, 0.05) is 42.9 Å². The molecule has 0 aliphatic carbocycles. The molecule has 2 aliphatic rings. The van der Waals surface area contributed by atoms with E-state index in [1.54, 1.807) is 18.2 Å². The molecule has 1 saturated heterocycles. The highest BCUT2D eigenvalue weighted by molar-refractivity contribution is 7.88. The van der Waals surface area contributed by atoms with Crippen LogP contribution in [0, 0.1) is 0 Å². The predicted molar refractivity (Wildman–Crippen MR) is 120 cm³/mol. The summed E-state index contributed by atoms with van der Waals surface area (Å²) >= 11 is 6.12. The third-order valence-electron chi connectivity index (χ3n) is 6.12. The number of aryl methyl sites for hydroxylation is 1. The van der Waals surface area contributed by atoms with Gasteiger partial charge < -0.3 is 10.6 Å². The summed E-state index contributed by atoms with van der Waals surface area (Å²) in [5.74, 6) is -0.608. The van der Waals surface area contributed by atoms with Crippen LogP contribution in [0.25, 0.3) is 11.3 Å². The molecule has 0 atom stereocenters. The molecule has 2 aliphatic heterocycles. The lowest BCUT2D eigenvalue weighted by Crippen LogP contribution is -2.35. The van der Waals surface area contributed by atoms with E-state index >= 15 is 0 Å². The van der Waals surface area contributed by atoms with Crippen molar-refractivity contribution in [3.63, 3.8) is 0 Å². The van der Waals surface area contributed by atoms with E-state index < -0.39 is 15.9 Å². The normalized spacial score (nSPS) is 17.7. The van der Waals surface area contributed by atoms with E-state index in [1.807, 2.05) is 4.68 Å². The quantitative estimate of drug-likeness (QED) is 0.674. The molecule has 0 unspecified atom stereocenters. The van der Waals surface area contributed by atoms with E-state index in [-0.39, 0.29) is 17.1 Å². The predicted octanol–water partition coefficient (Wildman–Crippen LogP) is 2.11. The van der Waals surface area contributed by atoms with E-state index in [0.717, 1.165) is 43.9 Å². The Morgan fingerprint density at radius 3 is 2.61 bits per heavy atom. The molecule has 1 fully saturated rings. The topological polar surface area (TPSA) is 102 Å². The number of rotatable bonds is 7. The lowest BCUT2D eigenvalue weighted by Gasteiger charge is -2.26. The van der Waals surface area contributed by atoms with Crippen molar-refractivity contribution in [1.29, 1.82) is 0 Å². The number of nitrogens with two attached hydrogens (primary N) is 1. The zero-order valence-corrected chi connectivity index (χ0v) is 19.3. The van der Waals surface area contributed by atoms with E-state index in [2.05, 4.69) is 4.90 Å². The van der Waals surface area contributed by atoms with Crippen LogP contribution in [0.2, 0.25) is 5.02 Å². The van der Waals surface area contributed by atoms with Crippen molar-refractivity contribution in [2.24, 2.45) is 5.73 Å². The first-order valence-corrected chi connectivity index (χ1v) is 12.8. The third-order valence-corrected chi connectivity index (χ3v) is 7.70. The largest absolute Gasteiger partial charge is 0.366 e. The summed E-state index contributed by atoms with van der Waals surface area (Å²) in [5.41, 5.74) is 9.04. The zero-order chi connectivity index (χ0) is 22.2. The molecule has 0 saturated carbocycles. The molecule has 2 aromatic rings. The number of amides is 1. The molecule has 3 heterocycles. The first kappa shape index (κ1) is 22.3. The van der Waals surface area contributed by atoms with E-state index in [4.69, 9.17) is 22.4 Å². The molecule has 4 rings (SSSR count). The Morgan fingerprint density at radius 2 is 1.94 bits per heavy atom. The maximum absolute atomic E-state index is 12.2. The minimum Gasteiger partial charge on any atom is -0.366 e. The van der Waals surface area contributed by atoms with Gasteiger partial charge in [0.15, 0.2) is 0 Å². The third kappa shape index (κ3) is 4.79. The first-order chi connectivity index (χ1) is 14.7. The van der Waals surface area contributed by atoms with Crippen LogP contribution in [0.4, 0.5) is 0 Å². The highest BCUT2D eigenvalue weighted by Crippen LogP contribution is 2.33. The number of primary amides is 1. The van der Waals surface area contributed by atoms with Gasteiger partial charge in [0.2, 0.25) is 15.9 Å². The molecule has 0 radical (unpaired) electrons. The summed E-state index contributed by atoms with van der Waals surface area (Å²) in [4.78, 5) is 14.2. The van der Waals surface area contributed by atoms with Gasteiger partial charge in [0.25, 0.3) is 0 Å². The van der Waals surface area contributed by atoms with Crippen LogP contribution < -0.4 is 5.73 Å². The Morgan fingerprint density at radius 1 is 1.19 bits per heavy atom. The summed E-state index contributed by atoms with van der Waals surface area (Å²) < 4.78 is 27.8. The highest BCUT2D eigenvalue weighted by Gasteiger charge is 2.30. The number of hydrogen-bond acceptors (Lipinski definition) is 5. The number of benzene rings is 1. The van der Waals surface area contributed by atoms with Gasteiger partial charge in [-0.3, -0.25) is 9.48 Å². The SMILES string of the molecule is CS(=O)(=O)N1CCc2c(c(-c3ccc(Cl)c(C(N)=O)c3)nn2CCCN2CCCC2)C1. The molecule has 31 heavy (non-hydrogen) atoms. The maximum atomic E-state index is 12.2. The van der Waals surface area contributed by atoms with Gasteiger partial charge in [-0.25, -0.2) is 8.42 Å². The van der Waals surface area contributed by atoms with Crippen LogP contribution in [0.1, 0.15) is 40.9 Å². The van der Waals surface area contributed by atoms with Crippen molar-refractivity contribution in [2.75, 3.05) is 32.4 Å². The Hall–Kier alpha value is -1.94. The molecule has 1 aromatic carbocycles. The number of carbonyl (C=O) groups excluding carboxylic acids is 1. The maximum Gasteiger partial charge on any atom is 0.250 e. The molecule has 168 valence electrons. The second-order valence-corrected chi connectivity index (χ2v) is 10.7. The zero-order valence-electron chi connectivity index (χ0n) is 17.7. The Bertz CT molecular complexity index is 1090. The number of likely N-dealkylation sites (tertiary alicyclic amines) is 1. The summed E-state index contributed by atoms with van der Waals surface area (Å²) in [6.07, 6.45) is 5.35. The van der Waals surface area contributed by atoms with Crippen LogP contribution in [0.3, 0.4) is 0 Å². The van der Waals surface area contributed by atoms with Crippen LogP contribution in [-0.2, 0) is 29.5 Å². The number of hydrogen-bond donors (Lipinski definition) is 1. The van der Waals surface area contributed by atoms with Crippen molar-refractivity contribution < 1.29 is 13.2 Å². The van der Waals surface area contributed by atoms with Crippen molar-refractivity contribution >= 4 is 27.5 Å². The fraction of sp³-hybridized carbons (Fsp3) is 0.524. The second-order valence-electron chi connectivity index (χ2n) is 8.30. The minimum atomic E-state index is -3.32. The Balaban J connectivity index is 1.68. The number of halogens is 1. The number of fused-ring (bicyclic) bond motifs is 1. The van der Waals surface area contributed by atoms with Crippen LogP contribution in [-0.4, -0.2) is 65.7 Å². The van der Waals surface area contributed by atoms with Crippen LogP contribution in [0.15, 0.2) is 18.2 Å². The molecule has 2 N–H and O–H groups in total. The van der Waals surface area contributed by atoms with Crippen LogP contribution in [0.5, 0.6) is 0 Å². The highest BCUT2D eigenvalue weighted by atomic mass is 35.5. The fourth-order valence-electron chi connectivity index (χ4n) is 4.48. The van der Waals surface area contributed by atoms with Crippen molar-refractivity contribution in [3.8, 4) is 11.3 Å². The lowest BCUT2D eigenvalue weighted by molar-refractivity contribution is 0.100. The molecule has 0 bridgehead atoms. The average Bonchev–Trinajstić information content (AvgIpc) is 3.35. The van der Waals surface area contributed by atoms with Crippen LogP contribution >= 0.6 is 11.6 Å². The number of aromatic nitrogens is 2. The number of nitrogens with zero attached hydrogens (tertiary/aromatic N) is 4. The summed E-state index contributed by atoms with van der Waals surface area (Å²) in [7, 11) is -3.32. The minimum absolute atomic E-state index is 0.229. The fourth-order valence-corrected chi connectivity index (χ4v) is 5.47. The second kappa shape index (κ2) is 8.90. The smallest absolute Gasteiger partial charge is 0.250 e. The van der Waals surface area contributed by atoms with Gasteiger partial charge in [-0.2, -0.15) is 9.40 Å². The molecule has 8 nitrogen and oxygen atoms in total. The van der Waals surface area contributed by atoms with Crippen molar-refractivity contribution in [2.45, 2.75) is 38.8 Å². The van der Waals surface area contributed by atoms with Gasteiger partial charge >= 0.3 is 0 Å². The average molecular weight is 466 g/mol. The van der Waals surface area contributed by atoms with Gasteiger partial charge in [0.1, 0.15) is 0 Å². The van der Waals surface area contributed by atoms with E-state index in [9.17, 15) is 13.2 Å². The summed E-state index contributed by atoms with van der Waals surface area (Å²) in [6.45, 7) is 4.83. The van der Waals surface area contributed by atoms with Crippen molar-refractivity contribution in [1.82, 2.24) is 19.0 Å². The van der Waals surface area contributed by atoms with Gasteiger partial charge in [-0.05, 0) is 51.0 Å². The van der Waals surface area contributed by atoms with Gasteiger partial charge in [-0.15, -0.1) is 0 Å². The monoisotopic (exact) mass is 465 g/mol. The first-order valence-electron chi connectivity index (χ1n) is 10.6. The molecular weight excluding hydrogens is 438 g/mol. The summed E-state index contributed by atoms with van der Waals surface area (Å²) in [5, 5.41) is 5.14. The molecular formula is C21H28ClN5O3S. The molecule has 1 aromatic heterocycles. The lowest BCUT2D eigenvalue weighted by atomic mass is 10.0. The van der Waals surface area contributed by atoms with E-state index in [1.165, 1.54) is 23.4 Å². The Labute approximate surface area is 188 Å². The van der Waals surface area contributed by atoms with Gasteiger partial charge in [0.05, 0.1) is 22.5 Å². The van der Waals surface area contributed by atoms with Gasteiger partial charge in [-0.1, -0.05) is 17.7 Å². The summed E-state index contributed by atoms with van der Waals surface area (Å²) in [6, 6.07) is 5.07. The van der Waals surface area contributed by atoms with Crippen molar-refractivity contribution in [3.05, 3.63) is 40.0 Å². The number of sulfonamides is 1.